The van der Waals surface area contributed by atoms with Crippen molar-refractivity contribution in [1.82, 2.24) is 4.40 Å². The van der Waals surface area contributed by atoms with Gasteiger partial charge in [0.25, 0.3) is 0 Å². The van der Waals surface area contributed by atoms with E-state index in [0.29, 0.717) is 13.0 Å². The molecule has 3 aromatic rings. The van der Waals surface area contributed by atoms with Crippen molar-refractivity contribution in [1.29, 1.82) is 0 Å². The molecule has 0 radical (unpaired) electrons. The van der Waals surface area contributed by atoms with E-state index in [9.17, 15) is 14.7 Å². The van der Waals surface area contributed by atoms with Crippen LogP contribution in [-0.2, 0) is 0 Å². The number of aromatic nitrogens is 1. The van der Waals surface area contributed by atoms with Crippen molar-refractivity contribution < 1.29 is 18.7 Å². The number of carboxylic acid groups (broad SMARTS) is 1. The Hall–Kier alpha value is -2.76. The molecular weight excluding hydrogens is 380 g/mol. The van der Waals surface area contributed by atoms with Crippen molar-refractivity contribution >= 4 is 44.4 Å². The van der Waals surface area contributed by atoms with Gasteiger partial charge in [-0.3, -0.25) is 10.6 Å². The second-order valence-corrected chi connectivity index (χ2v) is 7.20. The van der Waals surface area contributed by atoms with Crippen molar-refractivity contribution in [3.63, 3.8) is 0 Å². The predicted octanol–water partition coefficient (Wildman–Crippen LogP) is 1.31. The third kappa shape index (κ3) is 2.39. The summed E-state index contributed by atoms with van der Waals surface area (Å²) in [4.78, 5) is 25.9. The average Bonchev–Trinajstić information content (AvgIpc) is 3.24. The lowest BCUT2D eigenvalue weighted by Gasteiger charge is -2.23. The number of halogens is 2. The van der Waals surface area contributed by atoms with Gasteiger partial charge >= 0.3 is 5.97 Å². The lowest BCUT2D eigenvalue weighted by atomic mass is 10.1. The fraction of sp³-hybridized carbons (Fsp3) is 0.250. The highest BCUT2D eigenvalue weighted by atomic mass is 32.1. The van der Waals surface area contributed by atoms with E-state index >= 15 is 8.78 Å². The maximum Gasteiger partial charge on any atom is 0.342 e. The largest absolute Gasteiger partial charge is 0.477 e. The van der Waals surface area contributed by atoms with Crippen molar-refractivity contribution in [3.8, 4) is 0 Å². The first-order chi connectivity index (χ1) is 12.9. The Balaban J connectivity index is 2.22. The number of nitrogen functional groups attached to an aromatic ring is 1. The highest BCUT2D eigenvalue weighted by Gasteiger charge is 2.32. The number of hydrogen-bond acceptors (Lipinski definition) is 7. The zero-order valence-corrected chi connectivity index (χ0v) is 14.6. The van der Waals surface area contributed by atoms with Crippen molar-refractivity contribution in [2.75, 3.05) is 23.4 Å². The fourth-order valence-corrected chi connectivity index (χ4v) is 4.44. The summed E-state index contributed by atoms with van der Waals surface area (Å²) in [6, 6.07) is -0.230. The lowest BCUT2D eigenvalue weighted by molar-refractivity contribution is 0.0697. The summed E-state index contributed by atoms with van der Waals surface area (Å²) in [5.74, 6) is 1.93. The van der Waals surface area contributed by atoms with Crippen molar-refractivity contribution in [2.24, 2.45) is 11.6 Å². The van der Waals surface area contributed by atoms with E-state index in [0.717, 1.165) is 11.3 Å². The van der Waals surface area contributed by atoms with Crippen LogP contribution in [0, 0.1) is 11.6 Å². The second kappa shape index (κ2) is 6.15. The number of nitrogens with zero attached hydrogens (tertiary/aromatic N) is 2. The molecule has 4 rings (SSSR count). The number of pyridine rings is 1. The molecule has 0 bridgehead atoms. The molecular formula is C16H15F2N5O3S. The molecule has 1 atom stereocenters. The number of thiazole rings is 1. The minimum Gasteiger partial charge on any atom is -0.477 e. The van der Waals surface area contributed by atoms with E-state index in [1.165, 1.54) is 20.9 Å². The van der Waals surface area contributed by atoms with Gasteiger partial charge in [0.2, 0.25) is 5.43 Å². The van der Waals surface area contributed by atoms with E-state index in [-0.39, 0.29) is 28.6 Å². The number of carbonyl (C=O) groups is 1. The topological polar surface area (TPSA) is 126 Å². The van der Waals surface area contributed by atoms with Crippen LogP contribution in [0.5, 0.6) is 0 Å². The van der Waals surface area contributed by atoms with Gasteiger partial charge < -0.3 is 25.6 Å². The predicted molar refractivity (Wildman–Crippen MR) is 98.5 cm³/mol. The number of nitrogens with one attached hydrogen (secondary N) is 1. The third-order valence-electron chi connectivity index (χ3n) is 4.75. The van der Waals surface area contributed by atoms with E-state index < -0.39 is 39.7 Å². The van der Waals surface area contributed by atoms with Gasteiger partial charge in [-0.05, 0) is 6.42 Å². The van der Waals surface area contributed by atoms with Crippen LogP contribution >= 0.6 is 11.3 Å². The second-order valence-electron chi connectivity index (χ2n) is 6.30. The highest BCUT2D eigenvalue weighted by molar-refractivity contribution is 7.16. The molecule has 0 spiro atoms. The molecule has 1 aromatic carbocycles. The van der Waals surface area contributed by atoms with Gasteiger partial charge in [-0.25, -0.2) is 13.6 Å². The zero-order chi connectivity index (χ0) is 19.5. The minimum atomic E-state index is -1.49. The van der Waals surface area contributed by atoms with Crippen LogP contribution in [0.2, 0.25) is 0 Å². The zero-order valence-electron chi connectivity index (χ0n) is 13.8. The number of hydrazine groups is 1. The summed E-state index contributed by atoms with van der Waals surface area (Å²) >= 11 is 0.973. The van der Waals surface area contributed by atoms with Crippen molar-refractivity contribution in [3.05, 3.63) is 39.0 Å². The van der Waals surface area contributed by atoms with Crippen LogP contribution in [0.15, 0.2) is 16.4 Å². The molecule has 1 aliphatic heterocycles. The molecule has 11 heteroatoms. The Morgan fingerprint density at radius 1 is 1.37 bits per heavy atom. The fourth-order valence-electron chi connectivity index (χ4n) is 3.56. The van der Waals surface area contributed by atoms with Gasteiger partial charge in [-0.15, -0.1) is 11.3 Å². The molecule has 0 amide bonds. The maximum atomic E-state index is 15.5. The first-order valence-electron chi connectivity index (χ1n) is 8.03. The number of fused-ring (bicyclic) bond motifs is 3. The molecule has 1 aliphatic rings. The molecule has 142 valence electrons. The van der Waals surface area contributed by atoms with Crippen LogP contribution < -0.4 is 27.3 Å². The summed E-state index contributed by atoms with van der Waals surface area (Å²) in [5.41, 5.74) is 5.36. The molecule has 2 aromatic heterocycles. The Kier molecular flexibility index (Phi) is 4.02. The summed E-state index contributed by atoms with van der Waals surface area (Å²) in [5, 5.41) is 10.5. The van der Waals surface area contributed by atoms with Crippen molar-refractivity contribution in [2.45, 2.75) is 12.5 Å². The first kappa shape index (κ1) is 17.6. The van der Waals surface area contributed by atoms with Gasteiger partial charge in [0.15, 0.2) is 11.6 Å². The summed E-state index contributed by atoms with van der Waals surface area (Å²) in [6.07, 6.45) is 1.99. The molecule has 1 fully saturated rings. The minimum absolute atomic E-state index is 0.0533. The van der Waals surface area contributed by atoms with Gasteiger partial charge in [0.1, 0.15) is 21.8 Å². The molecule has 6 N–H and O–H groups in total. The Labute approximate surface area is 154 Å². The SMILES string of the molecule is NNc1c(F)c(N2CCC(N)C2)c(F)c2c1c(=O)c(C(=O)O)c1sccn12. The molecule has 0 saturated carbocycles. The number of aromatic carboxylic acids is 1. The van der Waals surface area contributed by atoms with Crippen LogP contribution in [0.25, 0.3) is 15.7 Å². The maximum absolute atomic E-state index is 15.5. The molecule has 27 heavy (non-hydrogen) atoms. The monoisotopic (exact) mass is 395 g/mol. The normalized spacial score (nSPS) is 17.2. The summed E-state index contributed by atoms with van der Waals surface area (Å²) in [7, 11) is 0. The van der Waals surface area contributed by atoms with Gasteiger partial charge in [0.05, 0.1) is 10.9 Å². The van der Waals surface area contributed by atoms with Gasteiger partial charge in [0, 0.05) is 30.7 Å². The van der Waals surface area contributed by atoms with Crippen LogP contribution in [0.3, 0.4) is 0 Å². The van der Waals surface area contributed by atoms with Gasteiger partial charge in [-0.1, -0.05) is 0 Å². The number of benzene rings is 1. The number of nitrogens with two attached hydrogens (primary N) is 2. The number of hydrogen-bond donors (Lipinski definition) is 4. The summed E-state index contributed by atoms with van der Waals surface area (Å²) < 4.78 is 31.8. The van der Waals surface area contributed by atoms with E-state index in [4.69, 9.17) is 11.6 Å². The lowest BCUT2D eigenvalue weighted by Crippen LogP contribution is -2.29. The standard InChI is InChI=1S/C16H15F2N5O3S/c17-9-11(21-20)7-12(10(18)13(9)22-2-1-6(19)5-22)23-3-4-27-15(23)8(14(7)24)16(25)26/h3-4,6,21H,1-2,5,19-20H2,(H,25,26). The molecule has 1 unspecified atom stereocenters. The van der Waals surface area contributed by atoms with Crippen LogP contribution in [0.1, 0.15) is 16.8 Å². The molecule has 8 nitrogen and oxygen atoms in total. The Morgan fingerprint density at radius 2 is 2.11 bits per heavy atom. The van der Waals surface area contributed by atoms with E-state index in [1.807, 2.05) is 0 Å². The van der Waals surface area contributed by atoms with E-state index in [2.05, 4.69) is 5.43 Å². The quantitative estimate of drug-likeness (QED) is 0.389. The smallest absolute Gasteiger partial charge is 0.342 e. The Morgan fingerprint density at radius 3 is 2.70 bits per heavy atom. The highest BCUT2D eigenvalue weighted by Crippen LogP contribution is 2.38. The van der Waals surface area contributed by atoms with Gasteiger partial charge in [-0.2, -0.15) is 0 Å². The molecule has 1 saturated heterocycles. The van der Waals surface area contributed by atoms with E-state index in [1.54, 1.807) is 0 Å². The van der Waals surface area contributed by atoms with Crippen LogP contribution in [0.4, 0.5) is 20.2 Å². The number of carboxylic acids is 1. The summed E-state index contributed by atoms with van der Waals surface area (Å²) in [6.45, 7) is 0.595. The Bertz CT molecular complexity index is 1160. The first-order valence-corrected chi connectivity index (χ1v) is 8.91. The average molecular weight is 395 g/mol. The third-order valence-corrected chi connectivity index (χ3v) is 5.63. The number of rotatable bonds is 3. The van der Waals surface area contributed by atoms with Crippen LogP contribution in [-0.4, -0.2) is 34.6 Å². The molecule has 3 heterocycles. The molecule has 0 aliphatic carbocycles. The number of anilines is 2.